The van der Waals surface area contributed by atoms with Gasteiger partial charge in [-0.15, -0.1) is 0 Å². The number of rotatable bonds is 3. The Morgan fingerprint density at radius 3 is 2.69 bits per heavy atom. The molecule has 1 aromatic heterocycles. The van der Waals surface area contributed by atoms with Gasteiger partial charge in [-0.2, -0.15) is 0 Å². The highest BCUT2D eigenvalue weighted by Crippen LogP contribution is 2.18. The van der Waals surface area contributed by atoms with Gasteiger partial charge in [0, 0.05) is 12.8 Å². The van der Waals surface area contributed by atoms with Crippen molar-refractivity contribution in [3.63, 3.8) is 0 Å². The van der Waals surface area contributed by atoms with E-state index in [0.29, 0.717) is 5.52 Å². The van der Waals surface area contributed by atoms with Crippen LogP contribution in [0, 0.1) is 0 Å². The van der Waals surface area contributed by atoms with Crippen molar-refractivity contribution in [2.24, 2.45) is 0 Å². The fourth-order valence-corrected chi connectivity index (χ4v) is 2.51. The van der Waals surface area contributed by atoms with Gasteiger partial charge in [-0.05, 0) is 12.1 Å². The molecule has 16 heavy (non-hydrogen) atoms. The van der Waals surface area contributed by atoms with E-state index < -0.39 is 9.84 Å². The fourth-order valence-electron chi connectivity index (χ4n) is 1.65. The Kier molecular flexibility index (Phi) is 2.69. The van der Waals surface area contributed by atoms with E-state index in [1.54, 1.807) is 18.2 Å². The van der Waals surface area contributed by atoms with Gasteiger partial charge in [0.1, 0.15) is 0 Å². The molecule has 0 saturated heterocycles. The van der Waals surface area contributed by atoms with Crippen LogP contribution in [0.4, 0.5) is 0 Å². The Bertz CT molecular complexity index is 616. The van der Waals surface area contributed by atoms with Gasteiger partial charge >= 0.3 is 0 Å². The van der Waals surface area contributed by atoms with E-state index in [-0.39, 0.29) is 18.3 Å². The van der Waals surface area contributed by atoms with Crippen LogP contribution in [0.2, 0.25) is 0 Å². The molecule has 0 aliphatic rings. The maximum absolute atomic E-state index is 11.5. The van der Waals surface area contributed by atoms with Crippen molar-refractivity contribution in [2.45, 2.75) is 11.7 Å². The summed E-state index contributed by atoms with van der Waals surface area (Å²) in [6, 6.07) is 7.14. The zero-order chi connectivity index (χ0) is 11.8. The number of benzene rings is 1. The summed E-state index contributed by atoms with van der Waals surface area (Å²) in [5.74, 6) is 0. The molecule has 0 aliphatic heterocycles. The highest BCUT2D eigenvalue weighted by atomic mass is 32.2. The summed E-state index contributed by atoms with van der Waals surface area (Å²) in [4.78, 5) is 4.07. The lowest BCUT2D eigenvalue weighted by molar-refractivity contribution is 0.273. The quantitative estimate of drug-likeness (QED) is 0.844. The van der Waals surface area contributed by atoms with Crippen molar-refractivity contribution in [3.8, 4) is 0 Å². The van der Waals surface area contributed by atoms with Crippen molar-refractivity contribution in [1.82, 2.24) is 9.55 Å². The molecule has 6 heteroatoms. The molecule has 0 amide bonds. The number of nitrogens with zero attached hydrogens (tertiary/aromatic N) is 2. The first-order valence-corrected chi connectivity index (χ1v) is 6.69. The lowest BCUT2D eigenvalue weighted by Gasteiger charge is -2.04. The molecule has 5 nitrogen and oxygen atoms in total. The van der Waals surface area contributed by atoms with Gasteiger partial charge in [0.15, 0.2) is 0 Å². The fraction of sp³-hybridized carbons (Fsp3) is 0.300. The highest BCUT2D eigenvalue weighted by Gasteiger charge is 2.18. The zero-order valence-corrected chi connectivity index (χ0v) is 9.61. The molecular formula is C10H12N2O3S. The Morgan fingerprint density at radius 1 is 1.38 bits per heavy atom. The molecule has 1 aromatic carbocycles. The standard InChI is InChI=1S/C10H12N2O3S/c1-16(14,15)10-11-8-4-2-3-5-9(8)12(10)6-7-13/h2-5,13H,6-7H2,1H3. The molecule has 0 radical (unpaired) electrons. The van der Waals surface area contributed by atoms with Crippen LogP contribution in [0.25, 0.3) is 11.0 Å². The summed E-state index contributed by atoms with van der Waals surface area (Å²) < 4.78 is 24.6. The number of aromatic nitrogens is 2. The van der Waals surface area contributed by atoms with Crippen LogP contribution in [-0.2, 0) is 16.4 Å². The maximum atomic E-state index is 11.5. The van der Waals surface area contributed by atoms with Gasteiger partial charge in [0.05, 0.1) is 17.6 Å². The average molecular weight is 240 g/mol. The van der Waals surface area contributed by atoms with Crippen LogP contribution in [-0.4, -0.2) is 35.9 Å². The molecule has 0 bridgehead atoms. The number of aliphatic hydroxyl groups is 1. The van der Waals surface area contributed by atoms with Crippen LogP contribution in [0.15, 0.2) is 29.4 Å². The second kappa shape index (κ2) is 3.88. The molecule has 0 unspecified atom stereocenters. The molecule has 1 N–H and O–H groups in total. The number of sulfone groups is 1. The van der Waals surface area contributed by atoms with Gasteiger partial charge in [-0.3, -0.25) is 0 Å². The number of imidazole rings is 1. The summed E-state index contributed by atoms with van der Waals surface area (Å²) in [6.07, 6.45) is 1.11. The number of para-hydroxylation sites is 2. The summed E-state index contributed by atoms with van der Waals surface area (Å²) in [5.41, 5.74) is 1.34. The predicted molar refractivity (Wildman–Crippen MR) is 59.9 cm³/mol. The van der Waals surface area contributed by atoms with E-state index in [2.05, 4.69) is 4.98 Å². The van der Waals surface area contributed by atoms with Crippen molar-refractivity contribution >= 4 is 20.9 Å². The topological polar surface area (TPSA) is 72.2 Å². The first-order valence-electron chi connectivity index (χ1n) is 4.80. The summed E-state index contributed by atoms with van der Waals surface area (Å²) in [5, 5.41) is 8.95. The van der Waals surface area contributed by atoms with E-state index in [9.17, 15) is 8.42 Å². The van der Waals surface area contributed by atoms with Gasteiger partial charge < -0.3 is 9.67 Å². The first kappa shape index (κ1) is 11.1. The molecule has 1 heterocycles. The Labute approximate surface area is 93.3 Å². The zero-order valence-electron chi connectivity index (χ0n) is 8.79. The molecule has 2 rings (SSSR count). The lowest BCUT2D eigenvalue weighted by atomic mass is 10.3. The van der Waals surface area contributed by atoms with E-state index in [1.807, 2.05) is 6.07 Å². The van der Waals surface area contributed by atoms with E-state index in [1.165, 1.54) is 4.57 Å². The van der Waals surface area contributed by atoms with Crippen LogP contribution in [0.1, 0.15) is 0 Å². The van der Waals surface area contributed by atoms with Crippen LogP contribution in [0.5, 0.6) is 0 Å². The molecule has 0 atom stereocenters. The molecule has 0 saturated carbocycles. The molecule has 2 aromatic rings. The Hall–Kier alpha value is -1.40. The third-order valence-electron chi connectivity index (χ3n) is 2.27. The predicted octanol–water partition coefficient (Wildman–Crippen LogP) is 0.432. The third kappa shape index (κ3) is 1.81. The smallest absolute Gasteiger partial charge is 0.228 e. The second-order valence-electron chi connectivity index (χ2n) is 3.53. The number of aliphatic hydroxyl groups excluding tert-OH is 1. The second-order valence-corrected chi connectivity index (χ2v) is 5.44. The minimum Gasteiger partial charge on any atom is -0.395 e. The first-order chi connectivity index (χ1) is 7.54. The molecule has 0 aliphatic carbocycles. The van der Waals surface area contributed by atoms with E-state index in [0.717, 1.165) is 11.8 Å². The van der Waals surface area contributed by atoms with Gasteiger partial charge in [0.25, 0.3) is 0 Å². The van der Waals surface area contributed by atoms with Crippen molar-refractivity contribution < 1.29 is 13.5 Å². The minimum atomic E-state index is -3.38. The average Bonchev–Trinajstić information content (AvgIpc) is 2.58. The van der Waals surface area contributed by atoms with Crippen LogP contribution < -0.4 is 0 Å². The highest BCUT2D eigenvalue weighted by molar-refractivity contribution is 7.90. The molecule has 0 spiro atoms. The maximum Gasteiger partial charge on any atom is 0.228 e. The molecule has 86 valence electrons. The van der Waals surface area contributed by atoms with E-state index >= 15 is 0 Å². The lowest BCUT2D eigenvalue weighted by Crippen LogP contribution is -2.11. The third-order valence-corrected chi connectivity index (χ3v) is 3.25. The SMILES string of the molecule is CS(=O)(=O)c1nc2ccccc2n1CCO. The van der Waals surface area contributed by atoms with Gasteiger partial charge in [-0.1, -0.05) is 12.1 Å². The normalized spacial score (nSPS) is 12.1. The van der Waals surface area contributed by atoms with Gasteiger partial charge in [-0.25, -0.2) is 13.4 Å². The van der Waals surface area contributed by atoms with Gasteiger partial charge in [0.2, 0.25) is 15.0 Å². The summed E-state index contributed by atoms with van der Waals surface area (Å²) >= 11 is 0. The number of fused-ring (bicyclic) bond motifs is 1. The molecule has 0 fully saturated rings. The Morgan fingerprint density at radius 2 is 2.06 bits per heavy atom. The molecular weight excluding hydrogens is 228 g/mol. The van der Waals surface area contributed by atoms with Crippen molar-refractivity contribution in [1.29, 1.82) is 0 Å². The van der Waals surface area contributed by atoms with E-state index in [4.69, 9.17) is 5.11 Å². The summed E-state index contributed by atoms with van der Waals surface area (Å²) in [7, 11) is -3.38. The minimum absolute atomic E-state index is 0.00255. The monoisotopic (exact) mass is 240 g/mol. The van der Waals surface area contributed by atoms with Crippen LogP contribution in [0.3, 0.4) is 0 Å². The van der Waals surface area contributed by atoms with Crippen molar-refractivity contribution in [2.75, 3.05) is 12.9 Å². The Balaban J connectivity index is 2.78. The largest absolute Gasteiger partial charge is 0.395 e. The number of hydrogen-bond acceptors (Lipinski definition) is 4. The number of hydrogen-bond donors (Lipinski definition) is 1. The van der Waals surface area contributed by atoms with Crippen LogP contribution >= 0.6 is 0 Å². The summed E-state index contributed by atoms with van der Waals surface area (Å²) in [6.45, 7) is 0.103. The van der Waals surface area contributed by atoms with Crippen molar-refractivity contribution in [3.05, 3.63) is 24.3 Å².